The summed E-state index contributed by atoms with van der Waals surface area (Å²) in [5.74, 6) is -1.34. The first kappa shape index (κ1) is 21.3. The number of aromatic nitrogens is 2. The Morgan fingerprint density at radius 2 is 1.69 bits per heavy atom. The summed E-state index contributed by atoms with van der Waals surface area (Å²) in [6.45, 7) is 1.30. The zero-order valence-electron chi connectivity index (χ0n) is 17.0. The van der Waals surface area contributed by atoms with Gasteiger partial charge in [-0.25, -0.2) is 4.79 Å². The van der Waals surface area contributed by atoms with E-state index in [1.807, 2.05) is 13.0 Å². The third kappa shape index (κ3) is 4.38. The molecule has 160 valence electrons. The van der Waals surface area contributed by atoms with Crippen LogP contribution in [-0.4, -0.2) is 28.3 Å². The third-order valence-corrected chi connectivity index (χ3v) is 5.04. The van der Waals surface area contributed by atoms with Crippen molar-refractivity contribution in [2.24, 2.45) is 0 Å². The number of nitrogens with zero attached hydrogens (tertiary/aromatic N) is 2. The molecule has 1 amide bonds. The highest BCUT2D eigenvalue weighted by molar-refractivity contribution is 6.31. The van der Waals surface area contributed by atoms with Crippen molar-refractivity contribution in [1.29, 1.82) is 0 Å². The van der Waals surface area contributed by atoms with Gasteiger partial charge in [0.1, 0.15) is 0 Å². The van der Waals surface area contributed by atoms with Crippen LogP contribution in [0.5, 0.6) is 0 Å². The second kappa shape index (κ2) is 9.03. The number of benzene rings is 3. The molecule has 0 aliphatic carbocycles. The molecule has 0 bridgehead atoms. The van der Waals surface area contributed by atoms with Crippen molar-refractivity contribution in [1.82, 2.24) is 9.78 Å². The number of rotatable bonds is 5. The molecule has 0 unspecified atom stereocenters. The Balaban J connectivity index is 1.61. The van der Waals surface area contributed by atoms with E-state index in [4.69, 9.17) is 16.3 Å². The molecule has 0 saturated heterocycles. The maximum atomic E-state index is 12.9. The summed E-state index contributed by atoms with van der Waals surface area (Å²) < 4.78 is 6.36. The van der Waals surface area contributed by atoms with Crippen molar-refractivity contribution in [2.45, 2.75) is 6.92 Å². The number of halogens is 1. The minimum absolute atomic E-state index is 0.0595. The fourth-order valence-electron chi connectivity index (χ4n) is 3.20. The quantitative estimate of drug-likeness (QED) is 0.464. The van der Waals surface area contributed by atoms with E-state index in [0.717, 1.165) is 10.2 Å². The largest absolute Gasteiger partial charge is 0.451 e. The molecule has 0 aliphatic rings. The van der Waals surface area contributed by atoms with Crippen LogP contribution in [0.2, 0.25) is 5.02 Å². The van der Waals surface area contributed by atoms with Crippen molar-refractivity contribution in [3.63, 3.8) is 0 Å². The molecule has 4 aromatic rings. The fourth-order valence-corrected chi connectivity index (χ4v) is 3.37. The number of nitrogens with one attached hydrogen (secondary N) is 1. The molecule has 0 atom stereocenters. The van der Waals surface area contributed by atoms with Gasteiger partial charge in [0, 0.05) is 16.1 Å². The predicted molar refractivity (Wildman–Crippen MR) is 122 cm³/mol. The molecule has 0 radical (unpaired) electrons. The Labute approximate surface area is 188 Å². The number of hydrogen-bond acceptors (Lipinski definition) is 5. The molecule has 0 fully saturated rings. The molecule has 0 saturated carbocycles. The number of ether oxygens (including phenoxy) is 1. The number of carbonyl (C=O) groups excluding carboxylic acids is 2. The Hall–Kier alpha value is -3.97. The first-order chi connectivity index (χ1) is 15.4. The monoisotopic (exact) mass is 447 g/mol. The lowest BCUT2D eigenvalue weighted by molar-refractivity contribution is -0.119. The van der Waals surface area contributed by atoms with Crippen molar-refractivity contribution in [3.05, 3.63) is 99.4 Å². The topological polar surface area (TPSA) is 90.3 Å². The number of hydrogen-bond donors (Lipinski definition) is 1. The van der Waals surface area contributed by atoms with Gasteiger partial charge in [-0.3, -0.25) is 9.59 Å². The smallest absolute Gasteiger partial charge is 0.359 e. The minimum atomic E-state index is -0.816. The SMILES string of the molecule is Cc1ccc(Cl)cc1NC(=O)COC(=O)c1nn(-c2ccccc2)c(=O)c2ccccc12. The van der Waals surface area contributed by atoms with E-state index >= 15 is 0 Å². The first-order valence-corrected chi connectivity index (χ1v) is 10.1. The van der Waals surface area contributed by atoms with Crippen LogP contribution in [-0.2, 0) is 9.53 Å². The number of amides is 1. The molecule has 1 N–H and O–H groups in total. The van der Waals surface area contributed by atoms with E-state index in [9.17, 15) is 14.4 Å². The average Bonchev–Trinajstić information content (AvgIpc) is 2.81. The maximum absolute atomic E-state index is 12.9. The van der Waals surface area contributed by atoms with Gasteiger partial charge in [-0.2, -0.15) is 9.78 Å². The first-order valence-electron chi connectivity index (χ1n) is 9.74. The normalized spacial score (nSPS) is 10.7. The van der Waals surface area contributed by atoms with Gasteiger partial charge in [0.2, 0.25) is 0 Å². The highest BCUT2D eigenvalue weighted by atomic mass is 35.5. The third-order valence-electron chi connectivity index (χ3n) is 4.81. The molecule has 3 aromatic carbocycles. The van der Waals surface area contributed by atoms with Crippen LogP contribution in [0.15, 0.2) is 77.6 Å². The molecule has 8 heteroatoms. The van der Waals surface area contributed by atoms with Crippen molar-refractivity contribution in [3.8, 4) is 5.69 Å². The minimum Gasteiger partial charge on any atom is -0.451 e. The van der Waals surface area contributed by atoms with Gasteiger partial charge in [-0.15, -0.1) is 0 Å². The lowest BCUT2D eigenvalue weighted by Gasteiger charge is -2.12. The van der Waals surface area contributed by atoms with Gasteiger partial charge in [0.25, 0.3) is 11.5 Å². The molecule has 7 nitrogen and oxygen atoms in total. The van der Waals surface area contributed by atoms with E-state index in [1.165, 1.54) is 0 Å². The molecule has 32 heavy (non-hydrogen) atoms. The van der Waals surface area contributed by atoms with Gasteiger partial charge in [0.15, 0.2) is 12.3 Å². The Morgan fingerprint density at radius 3 is 2.44 bits per heavy atom. The standard InChI is InChI=1S/C24H18ClN3O4/c1-15-11-12-16(25)13-20(15)26-21(29)14-32-24(31)22-18-9-5-6-10-19(18)23(30)28(27-22)17-7-3-2-4-8-17/h2-13H,14H2,1H3,(H,26,29). The Kier molecular flexibility index (Phi) is 6.00. The van der Waals surface area contributed by atoms with E-state index < -0.39 is 18.5 Å². The molecular formula is C24H18ClN3O4. The number of carbonyl (C=O) groups is 2. The highest BCUT2D eigenvalue weighted by Crippen LogP contribution is 2.20. The highest BCUT2D eigenvalue weighted by Gasteiger charge is 2.20. The number of aryl methyl sites for hydroxylation is 1. The second-order valence-corrected chi connectivity index (χ2v) is 7.47. The van der Waals surface area contributed by atoms with Crippen LogP contribution < -0.4 is 10.9 Å². The van der Waals surface area contributed by atoms with E-state index in [2.05, 4.69) is 10.4 Å². The van der Waals surface area contributed by atoms with Gasteiger partial charge in [0.05, 0.1) is 11.1 Å². The summed E-state index contributed by atoms with van der Waals surface area (Å²) in [6, 6.07) is 20.5. The van der Waals surface area contributed by atoms with Gasteiger partial charge in [-0.1, -0.05) is 54.1 Å². The summed E-state index contributed by atoms with van der Waals surface area (Å²) in [7, 11) is 0. The zero-order valence-corrected chi connectivity index (χ0v) is 17.8. The van der Waals surface area contributed by atoms with Crippen molar-refractivity contribution in [2.75, 3.05) is 11.9 Å². The van der Waals surface area contributed by atoms with Crippen LogP contribution in [0.1, 0.15) is 16.1 Å². The lowest BCUT2D eigenvalue weighted by atomic mass is 10.1. The summed E-state index contributed by atoms with van der Waals surface area (Å²) in [5.41, 5.74) is 1.43. The Morgan fingerprint density at radius 1 is 1.00 bits per heavy atom. The van der Waals surface area contributed by atoms with E-state index in [-0.39, 0.29) is 11.3 Å². The van der Waals surface area contributed by atoms with Gasteiger partial charge in [-0.05, 0) is 42.8 Å². The lowest BCUT2D eigenvalue weighted by Crippen LogP contribution is -2.26. The number of esters is 1. The van der Waals surface area contributed by atoms with Crippen LogP contribution in [0.4, 0.5) is 5.69 Å². The number of para-hydroxylation sites is 1. The molecule has 1 aromatic heterocycles. The zero-order chi connectivity index (χ0) is 22.7. The molecule has 0 aliphatic heterocycles. The van der Waals surface area contributed by atoms with Crippen molar-refractivity contribution < 1.29 is 14.3 Å². The summed E-state index contributed by atoms with van der Waals surface area (Å²) in [5, 5.41) is 8.04. The van der Waals surface area contributed by atoms with Crippen LogP contribution in [0, 0.1) is 6.92 Å². The maximum Gasteiger partial charge on any atom is 0.359 e. The number of anilines is 1. The van der Waals surface area contributed by atoms with Crippen molar-refractivity contribution >= 4 is 39.9 Å². The molecule has 4 rings (SSSR count). The Bertz CT molecular complexity index is 1380. The van der Waals surface area contributed by atoms with Gasteiger partial charge >= 0.3 is 5.97 Å². The summed E-state index contributed by atoms with van der Waals surface area (Å²) in [4.78, 5) is 38.0. The fraction of sp³-hybridized carbons (Fsp3) is 0.0833. The van der Waals surface area contributed by atoms with Crippen LogP contribution >= 0.6 is 11.6 Å². The second-order valence-electron chi connectivity index (χ2n) is 7.03. The molecular weight excluding hydrogens is 430 g/mol. The van der Waals surface area contributed by atoms with Crippen LogP contribution in [0.25, 0.3) is 16.5 Å². The van der Waals surface area contributed by atoms with E-state index in [0.29, 0.717) is 27.2 Å². The van der Waals surface area contributed by atoms with Crippen LogP contribution in [0.3, 0.4) is 0 Å². The predicted octanol–water partition coefficient (Wildman–Crippen LogP) is 4.14. The summed E-state index contributed by atoms with van der Waals surface area (Å²) in [6.07, 6.45) is 0. The number of fused-ring (bicyclic) bond motifs is 1. The molecule has 0 spiro atoms. The van der Waals surface area contributed by atoms with E-state index in [1.54, 1.807) is 66.7 Å². The summed E-state index contributed by atoms with van der Waals surface area (Å²) >= 11 is 5.97. The average molecular weight is 448 g/mol. The molecule has 1 heterocycles. The van der Waals surface area contributed by atoms with Gasteiger partial charge < -0.3 is 10.1 Å².